The molecule has 5 heteroatoms. The van der Waals surface area contributed by atoms with Gasteiger partial charge in [-0.15, -0.1) is 0 Å². The predicted octanol–water partition coefficient (Wildman–Crippen LogP) is 3.49. The summed E-state index contributed by atoms with van der Waals surface area (Å²) in [5.74, 6) is 0.867. The van der Waals surface area contributed by atoms with Crippen molar-refractivity contribution in [1.29, 1.82) is 0 Å². The molecule has 126 valence electrons. The van der Waals surface area contributed by atoms with Gasteiger partial charge >= 0.3 is 0 Å². The van der Waals surface area contributed by atoms with Gasteiger partial charge in [-0.05, 0) is 18.6 Å². The van der Waals surface area contributed by atoms with Crippen LogP contribution in [-0.2, 0) is 0 Å². The average Bonchev–Trinajstić information content (AvgIpc) is 3.09. The Hall–Kier alpha value is -2.79. The molecule has 3 aromatic rings. The molecule has 1 aliphatic rings. The molecule has 4 nitrogen and oxygen atoms in total. The van der Waals surface area contributed by atoms with Crippen LogP contribution < -0.4 is 10.6 Å². The fourth-order valence-electron chi connectivity index (χ4n) is 3.11. The lowest BCUT2D eigenvalue weighted by Gasteiger charge is -2.19. The molecule has 0 amide bonds. The van der Waals surface area contributed by atoms with Crippen LogP contribution in [0.3, 0.4) is 0 Å². The van der Waals surface area contributed by atoms with E-state index < -0.39 is 0 Å². The van der Waals surface area contributed by atoms with Crippen molar-refractivity contribution in [2.24, 2.45) is 5.73 Å². The van der Waals surface area contributed by atoms with E-state index in [1.54, 1.807) is 18.2 Å². The van der Waals surface area contributed by atoms with Crippen LogP contribution in [0.2, 0.25) is 0 Å². The first kappa shape index (κ1) is 15.7. The van der Waals surface area contributed by atoms with Crippen LogP contribution in [0.25, 0.3) is 22.6 Å². The first-order chi connectivity index (χ1) is 12.2. The summed E-state index contributed by atoms with van der Waals surface area (Å²) >= 11 is 0. The molecule has 2 N–H and O–H groups in total. The number of halogens is 1. The summed E-state index contributed by atoms with van der Waals surface area (Å²) in [7, 11) is 0. The van der Waals surface area contributed by atoms with E-state index in [0.29, 0.717) is 11.4 Å². The molecule has 1 unspecified atom stereocenters. The fraction of sp³-hybridized carbons (Fsp3) is 0.200. The highest BCUT2D eigenvalue weighted by molar-refractivity contribution is 5.68. The van der Waals surface area contributed by atoms with Crippen molar-refractivity contribution in [1.82, 2.24) is 9.97 Å². The van der Waals surface area contributed by atoms with Crippen LogP contribution in [0.15, 0.2) is 60.7 Å². The first-order valence-corrected chi connectivity index (χ1v) is 8.40. The third-order valence-electron chi connectivity index (χ3n) is 4.45. The summed E-state index contributed by atoms with van der Waals surface area (Å²) < 4.78 is 14.3. The van der Waals surface area contributed by atoms with Crippen molar-refractivity contribution >= 4 is 5.82 Å². The second-order valence-electron chi connectivity index (χ2n) is 6.28. The molecule has 4 rings (SSSR count). The van der Waals surface area contributed by atoms with Crippen molar-refractivity contribution in [3.8, 4) is 22.6 Å². The molecule has 1 saturated heterocycles. The minimum Gasteiger partial charge on any atom is -0.355 e. The topological polar surface area (TPSA) is 55.0 Å². The van der Waals surface area contributed by atoms with Crippen LogP contribution in [0, 0.1) is 5.82 Å². The zero-order chi connectivity index (χ0) is 17.2. The lowest BCUT2D eigenvalue weighted by atomic mass is 10.1. The van der Waals surface area contributed by atoms with Crippen LogP contribution >= 0.6 is 0 Å². The molecule has 0 radical (unpaired) electrons. The Morgan fingerprint density at radius 1 is 1.00 bits per heavy atom. The summed E-state index contributed by atoms with van der Waals surface area (Å²) in [5.41, 5.74) is 8.21. The average molecular weight is 334 g/mol. The maximum Gasteiger partial charge on any atom is 0.165 e. The predicted molar refractivity (Wildman–Crippen MR) is 97.7 cm³/mol. The molecule has 1 aromatic heterocycles. The van der Waals surface area contributed by atoms with E-state index in [0.717, 1.165) is 36.6 Å². The molecular weight excluding hydrogens is 315 g/mol. The molecule has 1 aliphatic heterocycles. The highest BCUT2D eigenvalue weighted by Gasteiger charge is 2.22. The maximum atomic E-state index is 14.3. The normalized spacial score (nSPS) is 17.0. The number of anilines is 1. The molecule has 1 fully saturated rings. The minimum absolute atomic E-state index is 0.145. The number of hydrogen-bond acceptors (Lipinski definition) is 4. The van der Waals surface area contributed by atoms with Crippen molar-refractivity contribution in [3.05, 3.63) is 66.5 Å². The van der Waals surface area contributed by atoms with E-state index in [4.69, 9.17) is 5.73 Å². The zero-order valence-electron chi connectivity index (χ0n) is 13.8. The van der Waals surface area contributed by atoms with E-state index in [2.05, 4.69) is 14.9 Å². The van der Waals surface area contributed by atoms with E-state index >= 15 is 0 Å². The van der Waals surface area contributed by atoms with Crippen molar-refractivity contribution in [2.75, 3.05) is 18.0 Å². The van der Waals surface area contributed by atoms with Gasteiger partial charge in [0.25, 0.3) is 0 Å². The van der Waals surface area contributed by atoms with Crippen LogP contribution in [0.1, 0.15) is 6.42 Å². The van der Waals surface area contributed by atoms with Crippen LogP contribution in [0.4, 0.5) is 10.2 Å². The molecular formula is C20H19FN4. The van der Waals surface area contributed by atoms with Gasteiger partial charge in [0.1, 0.15) is 11.6 Å². The third kappa shape index (κ3) is 3.23. The SMILES string of the molecule is NC1CCN(c2cc(-c3ccccc3)nc(-c3ccccc3F)n2)C1. The molecule has 1 atom stereocenters. The largest absolute Gasteiger partial charge is 0.355 e. The highest BCUT2D eigenvalue weighted by atomic mass is 19.1. The monoisotopic (exact) mass is 334 g/mol. The second-order valence-corrected chi connectivity index (χ2v) is 6.28. The number of aromatic nitrogens is 2. The van der Waals surface area contributed by atoms with Crippen molar-refractivity contribution < 1.29 is 4.39 Å². The Morgan fingerprint density at radius 2 is 1.76 bits per heavy atom. The number of benzene rings is 2. The standard InChI is InChI=1S/C20H19FN4/c21-17-9-5-4-8-16(17)20-23-18(14-6-2-1-3-7-14)12-19(24-20)25-11-10-15(22)13-25/h1-9,12,15H,10-11,13,22H2. The summed E-state index contributed by atoms with van der Waals surface area (Å²) in [6, 6.07) is 18.6. The Morgan fingerprint density at radius 3 is 2.48 bits per heavy atom. The Balaban J connectivity index is 1.85. The molecule has 25 heavy (non-hydrogen) atoms. The van der Waals surface area contributed by atoms with Crippen LogP contribution in [-0.4, -0.2) is 29.1 Å². The zero-order valence-corrected chi connectivity index (χ0v) is 13.8. The lowest BCUT2D eigenvalue weighted by Crippen LogP contribution is -2.27. The molecule has 0 aliphatic carbocycles. The second kappa shape index (κ2) is 6.61. The fourth-order valence-corrected chi connectivity index (χ4v) is 3.11. The van der Waals surface area contributed by atoms with Gasteiger partial charge in [0.15, 0.2) is 5.82 Å². The van der Waals surface area contributed by atoms with E-state index in [1.807, 2.05) is 36.4 Å². The minimum atomic E-state index is -0.322. The van der Waals surface area contributed by atoms with Gasteiger partial charge < -0.3 is 10.6 Å². The summed E-state index contributed by atoms with van der Waals surface area (Å²) in [4.78, 5) is 11.4. The third-order valence-corrected chi connectivity index (χ3v) is 4.45. The van der Waals surface area contributed by atoms with Gasteiger partial charge in [-0.3, -0.25) is 0 Å². The highest BCUT2D eigenvalue weighted by Crippen LogP contribution is 2.28. The van der Waals surface area contributed by atoms with Crippen molar-refractivity contribution in [3.63, 3.8) is 0 Å². The van der Waals surface area contributed by atoms with E-state index in [-0.39, 0.29) is 11.9 Å². The Labute approximate surface area is 146 Å². The molecule has 0 bridgehead atoms. The summed E-state index contributed by atoms with van der Waals surface area (Å²) in [6.45, 7) is 1.60. The van der Waals surface area contributed by atoms with Crippen molar-refractivity contribution in [2.45, 2.75) is 12.5 Å². The molecule has 2 heterocycles. The van der Waals surface area contributed by atoms with Gasteiger partial charge in [0.05, 0.1) is 11.3 Å². The molecule has 2 aromatic carbocycles. The Kier molecular flexibility index (Phi) is 4.15. The maximum absolute atomic E-state index is 14.3. The van der Waals surface area contributed by atoms with Gasteiger partial charge in [-0.1, -0.05) is 42.5 Å². The van der Waals surface area contributed by atoms with Gasteiger partial charge in [-0.2, -0.15) is 0 Å². The number of rotatable bonds is 3. The number of hydrogen-bond donors (Lipinski definition) is 1. The first-order valence-electron chi connectivity index (χ1n) is 8.40. The Bertz CT molecular complexity index is 882. The number of nitrogens with two attached hydrogens (primary N) is 1. The quantitative estimate of drug-likeness (QED) is 0.797. The molecule has 0 saturated carbocycles. The van der Waals surface area contributed by atoms with E-state index in [9.17, 15) is 4.39 Å². The number of nitrogens with zero attached hydrogens (tertiary/aromatic N) is 3. The van der Waals surface area contributed by atoms with Crippen LogP contribution in [0.5, 0.6) is 0 Å². The van der Waals surface area contributed by atoms with Gasteiger partial charge in [0, 0.05) is 30.8 Å². The molecule has 0 spiro atoms. The van der Waals surface area contributed by atoms with Gasteiger partial charge in [0.2, 0.25) is 0 Å². The van der Waals surface area contributed by atoms with Gasteiger partial charge in [-0.25, -0.2) is 14.4 Å². The smallest absolute Gasteiger partial charge is 0.165 e. The van der Waals surface area contributed by atoms with E-state index in [1.165, 1.54) is 6.07 Å². The summed E-state index contributed by atoms with van der Waals surface area (Å²) in [5, 5.41) is 0. The lowest BCUT2D eigenvalue weighted by molar-refractivity contribution is 0.630. The summed E-state index contributed by atoms with van der Waals surface area (Å²) in [6.07, 6.45) is 0.930.